The van der Waals surface area contributed by atoms with Crippen molar-refractivity contribution in [1.29, 1.82) is 0 Å². The zero-order valence-corrected chi connectivity index (χ0v) is 11.5. The van der Waals surface area contributed by atoms with Crippen molar-refractivity contribution in [3.05, 3.63) is 40.7 Å². The second-order valence-corrected chi connectivity index (χ2v) is 4.78. The number of nitrogens with two attached hydrogens (primary N) is 1. The lowest BCUT2D eigenvalue weighted by Gasteiger charge is -2.26. The number of aryl methyl sites for hydroxylation is 1. The predicted octanol–water partition coefficient (Wildman–Crippen LogP) is 3.15. The molecule has 0 aliphatic heterocycles. The van der Waals surface area contributed by atoms with E-state index in [4.69, 9.17) is 17.3 Å². The molecule has 0 aliphatic rings. The van der Waals surface area contributed by atoms with Crippen LogP contribution in [0.5, 0.6) is 0 Å². The van der Waals surface area contributed by atoms with Crippen molar-refractivity contribution in [2.24, 2.45) is 0 Å². The number of hydrogen-bond acceptors (Lipinski definition) is 3. The number of nitrogens with zero attached hydrogens (tertiary/aromatic N) is 2. The second kappa shape index (κ2) is 4.90. The van der Waals surface area contributed by atoms with Gasteiger partial charge in [0.25, 0.3) is 0 Å². The summed E-state index contributed by atoms with van der Waals surface area (Å²) >= 11 is 6.21. The van der Waals surface area contributed by atoms with Crippen molar-refractivity contribution in [3.63, 3.8) is 0 Å². The minimum atomic E-state index is 0.101. The molecule has 0 spiro atoms. The molecule has 1 unspecified atom stereocenters. The van der Waals surface area contributed by atoms with E-state index in [-0.39, 0.29) is 6.04 Å². The molecular formula is C13H17ClN4. The number of nitrogen functional groups attached to an aromatic ring is 1. The first-order chi connectivity index (χ1) is 8.50. The Morgan fingerprint density at radius 3 is 2.61 bits per heavy atom. The van der Waals surface area contributed by atoms with Gasteiger partial charge < -0.3 is 15.6 Å². The van der Waals surface area contributed by atoms with E-state index in [0.29, 0.717) is 5.82 Å². The molecule has 0 fully saturated rings. The number of H-pyrrole nitrogens is 1. The molecule has 18 heavy (non-hydrogen) atoms. The van der Waals surface area contributed by atoms with Crippen LogP contribution in [0.2, 0.25) is 5.02 Å². The van der Waals surface area contributed by atoms with Crippen LogP contribution >= 0.6 is 11.6 Å². The van der Waals surface area contributed by atoms with Gasteiger partial charge in [-0.1, -0.05) is 29.8 Å². The highest BCUT2D eigenvalue weighted by molar-refractivity contribution is 6.31. The van der Waals surface area contributed by atoms with Gasteiger partial charge in [-0.15, -0.1) is 0 Å². The smallest absolute Gasteiger partial charge is 0.171 e. The molecule has 4 nitrogen and oxygen atoms in total. The van der Waals surface area contributed by atoms with Crippen LogP contribution in [-0.2, 0) is 0 Å². The van der Waals surface area contributed by atoms with Gasteiger partial charge in [0.15, 0.2) is 5.82 Å². The standard InChI is InChI=1S/C13H17ClN4/c1-8(10-6-4-5-7-11(10)14)18(3)13-12(15)16-9(2)17-13/h4-8H,15H2,1-3H3,(H,16,17). The molecule has 2 aromatic rings. The van der Waals surface area contributed by atoms with Crippen molar-refractivity contribution in [3.8, 4) is 0 Å². The van der Waals surface area contributed by atoms with Crippen molar-refractivity contribution >= 4 is 23.2 Å². The average molecular weight is 265 g/mol. The number of aromatic amines is 1. The van der Waals surface area contributed by atoms with Crippen LogP contribution in [0.1, 0.15) is 24.4 Å². The van der Waals surface area contributed by atoms with Crippen LogP contribution in [0.4, 0.5) is 11.6 Å². The summed E-state index contributed by atoms with van der Waals surface area (Å²) in [6.07, 6.45) is 0. The molecular weight excluding hydrogens is 248 g/mol. The summed E-state index contributed by atoms with van der Waals surface area (Å²) in [5.74, 6) is 2.13. The van der Waals surface area contributed by atoms with Crippen LogP contribution in [0.25, 0.3) is 0 Å². The normalized spacial score (nSPS) is 12.4. The van der Waals surface area contributed by atoms with Crippen LogP contribution in [-0.4, -0.2) is 17.0 Å². The monoisotopic (exact) mass is 264 g/mol. The molecule has 0 saturated heterocycles. The van der Waals surface area contributed by atoms with Gasteiger partial charge >= 0.3 is 0 Å². The molecule has 0 bridgehead atoms. The van der Waals surface area contributed by atoms with Gasteiger partial charge in [0.1, 0.15) is 11.6 Å². The minimum absolute atomic E-state index is 0.101. The Hall–Kier alpha value is -1.68. The van der Waals surface area contributed by atoms with E-state index < -0.39 is 0 Å². The number of nitrogens with one attached hydrogen (secondary N) is 1. The third kappa shape index (κ3) is 2.29. The number of halogens is 1. The molecule has 0 aliphatic carbocycles. The summed E-state index contributed by atoms with van der Waals surface area (Å²) in [4.78, 5) is 9.40. The van der Waals surface area contributed by atoms with Crippen LogP contribution in [0.3, 0.4) is 0 Å². The Balaban J connectivity index is 2.32. The maximum Gasteiger partial charge on any atom is 0.171 e. The van der Waals surface area contributed by atoms with Crippen molar-refractivity contribution in [1.82, 2.24) is 9.97 Å². The number of aromatic nitrogens is 2. The largest absolute Gasteiger partial charge is 0.382 e. The Labute approximate surface area is 112 Å². The van der Waals surface area contributed by atoms with Gasteiger partial charge in [-0.05, 0) is 25.5 Å². The maximum absolute atomic E-state index is 6.21. The zero-order chi connectivity index (χ0) is 13.3. The third-order valence-electron chi connectivity index (χ3n) is 3.10. The summed E-state index contributed by atoms with van der Waals surface area (Å²) in [5, 5.41) is 0.752. The van der Waals surface area contributed by atoms with Gasteiger partial charge in [0, 0.05) is 12.1 Å². The zero-order valence-electron chi connectivity index (χ0n) is 10.7. The van der Waals surface area contributed by atoms with E-state index in [9.17, 15) is 0 Å². The molecule has 2 rings (SSSR count). The number of anilines is 2. The fourth-order valence-electron chi connectivity index (χ4n) is 1.97. The lowest BCUT2D eigenvalue weighted by Crippen LogP contribution is -2.23. The highest BCUT2D eigenvalue weighted by Gasteiger charge is 2.19. The van der Waals surface area contributed by atoms with Gasteiger partial charge in [-0.2, -0.15) is 0 Å². The molecule has 3 N–H and O–H groups in total. The Bertz CT molecular complexity index is 550. The van der Waals surface area contributed by atoms with E-state index in [2.05, 4.69) is 16.9 Å². The third-order valence-corrected chi connectivity index (χ3v) is 3.44. The number of imidazole rings is 1. The summed E-state index contributed by atoms with van der Waals surface area (Å²) in [6.45, 7) is 3.96. The summed E-state index contributed by atoms with van der Waals surface area (Å²) in [5.41, 5.74) is 6.96. The van der Waals surface area contributed by atoms with Crippen LogP contribution in [0, 0.1) is 6.92 Å². The molecule has 5 heteroatoms. The van der Waals surface area contributed by atoms with Crippen molar-refractivity contribution < 1.29 is 0 Å². The Kier molecular flexibility index (Phi) is 3.48. The highest BCUT2D eigenvalue weighted by Crippen LogP contribution is 2.31. The summed E-state index contributed by atoms with van der Waals surface area (Å²) < 4.78 is 0. The minimum Gasteiger partial charge on any atom is -0.382 e. The van der Waals surface area contributed by atoms with Crippen molar-refractivity contribution in [2.45, 2.75) is 19.9 Å². The molecule has 0 amide bonds. The number of hydrogen-bond donors (Lipinski definition) is 2. The highest BCUT2D eigenvalue weighted by atomic mass is 35.5. The van der Waals surface area contributed by atoms with Crippen molar-refractivity contribution in [2.75, 3.05) is 17.7 Å². The molecule has 0 radical (unpaired) electrons. The molecule has 1 atom stereocenters. The SMILES string of the molecule is Cc1nc(N(C)C(C)c2ccccc2Cl)c(N)[nH]1. The molecule has 1 heterocycles. The van der Waals surface area contributed by atoms with Gasteiger partial charge in [0.05, 0.1) is 6.04 Å². The lowest BCUT2D eigenvalue weighted by atomic mass is 10.1. The predicted molar refractivity (Wildman–Crippen MR) is 76.0 cm³/mol. The molecule has 0 saturated carbocycles. The van der Waals surface area contributed by atoms with Gasteiger partial charge in [-0.25, -0.2) is 4.98 Å². The first-order valence-electron chi connectivity index (χ1n) is 5.80. The van der Waals surface area contributed by atoms with Crippen LogP contribution < -0.4 is 10.6 Å². The Morgan fingerprint density at radius 2 is 2.06 bits per heavy atom. The van der Waals surface area contributed by atoms with Gasteiger partial charge in [-0.3, -0.25) is 0 Å². The van der Waals surface area contributed by atoms with E-state index in [1.807, 2.05) is 43.1 Å². The number of benzene rings is 1. The topological polar surface area (TPSA) is 57.9 Å². The van der Waals surface area contributed by atoms with E-state index in [1.54, 1.807) is 0 Å². The number of rotatable bonds is 3. The van der Waals surface area contributed by atoms with E-state index in [1.165, 1.54) is 0 Å². The van der Waals surface area contributed by atoms with Gasteiger partial charge in [0.2, 0.25) is 0 Å². The molecule has 96 valence electrons. The maximum atomic E-state index is 6.21. The summed E-state index contributed by atoms with van der Waals surface area (Å²) in [7, 11) is 1.96. The quantitative estimate of drug-likeness (QED) is 0.895. The second-order valence-electron chi connectivity index (χ2n) is 4.37. The average Bonchev–Trinajstić information content (AvgIpc) is 2.67. The van der Waals surface area contributed by atoms with E-state index >= 15 is 0 Å². The Morgan fingerprint density at radius 1 is 1.39 bits per heavy atom. The molecule has 1 aromatic carbocycles. The first-order valence-corrected chi connectivity index (χ1v) is 6.18. The first kappa shape index (κ1) is 12.8. The molecule has 1 aromatic heterocycles. The lowest BCUT2D eigenvalue weighted by molar-refractivity contribution is 0.731. The van der Waals surface area contributed by atoms with Crippen LogP contribution in [0.15, 0.2) is 24.3 Å². The fraction of sp³-hybridized carbons (Fsp3) is 0.308. The fourth-order valence-corrected chi connectivity index (χ4v) is 2.27. The van der Waals surface area contributed by atoms with E-state index in [0.717, 1.165) is 22.2 Å². The summed E-state index contributed by atoms with van der Waals surface area (Å²) in [6, 6.07) is 7.90.